The zero-order valence-electron chi connectivity index (χ0n) is 8.71. The predicted octanol–water partition coefficient (Wildman–Crippen LogP) is 3.19. The quantitative estimate of drug-likeness (QED) is 0.793. The van der Waals surface area contributed by atoms with Gasteiger partial charge in [-0.15, -0.1) is 0 Å². The van der Waals surface area contributed by atoms with Gasteiger partial charge >= 0.3 is 0 Å². The summed E-state index contributed by atoms with van der Waals surface area (Å²) in [4.78, 5) is 0. The first-order chi connectivity index (χ1) is 6.43. The summed E-state index contributed by atoms with van der Waals surface area (Å²) >= 11 is 5.90. The Morgan fingerprint density at radius 2 is 1.86 bits per heavy atom. The number of aromatic hydroxyl groups is 1. The molecule has 3 N–H and O–H groups in total. The van der Waals surface area contributed by atoms with Crippen LogP contribution in [0.25, 0.3) is 0 Å². The van der Waals surface area contributed by atoms with Crippen LogP contribution in [0.5, 0.6) is 5.75 Å². The Balaban J connectivity index is 3.28. The van der Waals surface area contributed by atoms with Crippen molar-refractivity contribution in [3.05, 3.63) is 28.3 Å². The predicted molar refractivity (Wildman–Crippen MR) is 59.8 cm³/mol. The summed E-state index contributed by atoms with van der Waals surface area (Å²) in [6, 6.07) is 3.50. The maximum atomic E-state index is 9.66. The average Bonchev–Trinajstić information content (AvgIpc) is 2.08. The third kappa shape index (κ3) is 2.20. The van der Waals surface area contributed by atoms with Gasteiger partial charge in [-0.2, -0.15) is 0 Å². The zero-order valence-corrected chi connectivity index (χ0v) is 9.47. The number of benzene rings is 1. The Kier molecular flexibility index (Phi) is 3.40. The lowest BCUT2D eigenvalue weighted by Gasteiger charge is -2.14. The van der Waals surface area contributed by atoms with Crippen LogP contribution in [-0.2, 0) is 0 Å². The number of rotatable bonds is 2. The minimum atomic E-state index is -0.203. The fraction of sp³-hybridized carbons (Fsp3) is 0.455. The van der Waals surface area contributed by atoms with Gasteiger partial charge in [0, 0.05) is 11.6 Å². The molecular formula is C11H16ClNO. The lowest BCUT2D eigenvalue weighted by Crippen LogP contribution is -2.06. The van der Waals surface area contributed by atoms with Gasteiger partial charge in [0.25, 0.3) is 0 Å². The normalized spacial score (nSPS) is 13.3. The molecule has 0 aliphatic rings. The highest BCUT2D eigenvalue weighted by molar-refractivity contribution is 6.32. The molecule has 0 saturated heterocycles. The van der Waals surface area contributed by atoms with Crippen LogP contribution >= 0.6 is 11.6 Å². The molecule has 0 aliphatic heterocycles. The fourth-order valence-corrected chi connectivity index (χ4v) is 1.56. The van der Waals surface area contributed by atoms with Gasteiger partial charge in [0.1, 0.15) is 5.75 Å². The lowest BCUT2D eigenvalue weighted by molar-refractivity contribution is 0.463. The highest BCUT2D eigenvalue weighted by atomic mass is 35.5. The van der Waals surface area contributed by atoms with E-state index >= 15 is 0 Å². The molecule has 2 nitrogen and oxygen atoms in total. The van der Waals surface area contributed by atoms with Crippen molar-refractivity contribution >= 4 is 11.6 Å². The largest absolute Gasteiger partial charge is 0.506 e. The molecule has 0 aliphatic carbocycles. The van der Waals surface area contributed by atoms with Crippen molar-refractivity contribution in [2.45, 2.75) is 32.7 Å². The Morgan fingerprint density at radius 1 is 1.29 bits per heavy atom. The summed E-state index contributed by atoms with van der Waals surface area (Å²) in [7, 11) is 0. The Bertz CT molecular complexity index is 334. The zero-order chi connectivity index (χ0) is 10.9. The molecule has 0 heterocycles. The van der Waals surface area contributed by atoms with Gasteiger partial charge in [-0.1, -0.05) is 31.5 Å². The van der Waals surface area contributed by atoms with Crippen molar-refractivity contribution in [3.63, 3.8) is 0 Å². The lowest BCUT2D eigenvalue weighted by atomic mass is 9.97. The van der Waals surface area contributed by atoms with E-state index in [9.17, 15) is 5.11 Å². The van der Waals surface area contributed by atoms with E-state index in [1.807, 2.05) is 13.0 Å². The molecular weight excluding hydrogens is 198 g/mol. The van der Waals surface area contributed by atoms with Crippen LogP contribution in [0.1, 0.15) is 43.9 Å². The van der Waals surface area contributed by atoms with Gasteiger partial charge in [-0.25, -0.2) is 0 Å². The molecule has 0 amide bonds. The summed E-state index contributed by atoms with van der Waals surface area (Å²) < 4.78 is 0. The molecule has 1 aromatic carbocycles. The van der Waals surface area contributed by atoms with E-state index in [-0.39, 0.29) is 11.8 Å². The molecule has 1 rings (SSSR count). The van der Waals surface area contributed by atoms with Crippen LogP contribution in [0, 0.1) is 0 Å². The molecule has 78 valence electrons. The Morgan fingerprint density at radius 3 is 2.29 bits per heavy atom. The highest BCUT2D eigenvalue weighted by Gasteiger charge is 2.12. The third-order valence-corrected chi connectivity index (χ3v) is 2.56. The van der Waals surface area contributed by atoms with Crippen molar-refractivity contribution in [2.75, 3.05) is 0 Å². The van der Waals surface area contributed by atoms with Gasteiger partial charge in [-0.05, 0) is 24.5 Å². The van der Waals surface area contributed by atoms with Crippen LogP contribution in [0.3, 0.4) is 0 Å². The van der Waals surface area contributed by atoms with E-state index in [0.717, 1.165) is 5.56 Å². The highest BCUT2D eigenvalue weighted by Crippen LogP contribution is 2.34. The molecule has 1 unspecified atom stereocenters. The first-order valence-electron chi connectivity index (χ1n) is 4.71. The number of hydrogen-bond acceptors (Lipinski definition) is 2. The number of halogens is 1. The van der Waals surface area contributed by atoms with E-state index in [1.165, 1.54) is 0 Å². The van der Waals surface area contributed by atoms with Crippen molar-refractivity contribution in [3.8, 4) is 5.75 Å². The SMILES string of the molecule is CC(C)c1cc(Cl)c(O)c(C(C)N)c1. The van der Waals surface area contributed by atoms with Crippen LogP contribution in [0.15, 0.2) is 12.1 Å². The maximum absolute atomic E-state index is 9.66. The number of phenolic OH excluding ortho intramolecular Hbond substituents is 1. The summed E-state index contributed by atoms with van der Waals surface area (Å²) in [5.41, 5.74) is 7.54. The first kappa shape index (κ1) is 11.3. The van der Waals surface area contributed by atoms with Gasteiger partial charge in [-0.3, -0.25) is 0 Å². The van der Waals surface area contributed by atoms with Gasteiger partial charge in [0.05, 0.1) is 5.02 Å². The van der Waals surface area contributed by atoms with Crippen molar-refractivity contribution in [1.29, 1.82) is 0 Å². The summed E-state index contributed by atoms with van der Waals surface area (Å²) in [6.45, 7) is 5.98. The monoisotopic (exact) mass is 213 g/mol. The second kappa shape index (κ2) is 4.20. The average molecular weight is 214 g/mol. The fourth-order valence-electron chi connectivity index (χ4n) is 1.32. The first-order valence-corrected chi connectivity index (χ1v) is 5.09. The molecule has 1 atom stereocenters. The number of phenols is 1. The minimum Gasteiger partial charge on any atom is -0.506 e. The van der Waals surface area contributed by atoms with E-state index in [0.29, 0.717) is 16.5 Å². The van der Waals surface area contributed by atoms with E-state index in [2.05, 4.69) is 13.8 Å². The molecule has 0 aromatic heterocycles. The van der Waals surface area contributed by atoms with Crippen LogP contribution in [0.4, 0.5) is 0 Å². The van der Waals surface area contributed by atoms with Crippen LogP contribution < -0.4 is 5.73 Å². The smallest absolute Gasteiger partial charge is 0.138 e. The van der Waals surface area contributed by atoms with Gasteiger partial charge in [0.15, 0.2) is 0 Å². The molecule has 0 bridgehead atoms. The molecule has 1 aromatic rings. The topological polar surface area (TPSA) is 46.2 Å². The van der Waals surface area contributed by atoms with Crippen LogP contribution in [0.2, 0.25) is 5.02 Å². The van der Waals surface area contributed by atoms with E-state index in [4.69, 9.17) is 17.3 Å². The molecule has 0 saturated carbocycles. The maximum Gasteiger partial charge on any atom is 0.138 e. The summed E-state index contributed by atoms with van der Waals surface area (Å²) in [6.07, 6.45) is 0. The molecule has 0 spiro atoms. The minimum absolute atomic E-state index is 0.103. The molecule has 14 heavy (non-hydrogen) atoms. The Hall–Kier alpha value is -0.730. The van der Waals surface area contributed by atoms with Crippen LogP contribution in [-0.4, -0.2) is 5.11 Å². The third-order valence-electron chi connectivity index (χ3n) is 2.27. The number of nitrogens with two attached hydrogens (primary N) is 1. The summed E-state index contributed by atoms with van der Waals surface area (Å²) in [5, 5.41) is 10.0. The molecule has 3 heteroatoms. The summed E-state index contributed by atoms with van der Waals surface area (Å²) in [5.74, 6) is 0.483. The second-order valence-electron chi connectivity index (χ2n) is 3.88. The second-order valence-corrected chi connectivity index (χ2v) is 4.29. The standard InChI is InChI=1S/C11H16ClNO/c1-6(2)8-4-9(7(3)13)11(14)10(12)5-8/h4-7,14H,13H2,1-3H3. The van der Waals surface area contributed by atoms with Crippen molar-refractivity contribution in [2.24, 2.45) is 5.73 Å². The van der Waals surface area contributed by atoms with E-state index < -0.39 is 0 Å². The van der Waals surface area contributed by atoms with Gasteiger partial charge in [0.2, 0.25) is 0 Å². The Labute approximate surface area is 89.7 Å². The van der Waals surface area contributed by atoms with Gasteiger partial charge < -0.3 is 10.8 Å². The van der Waals surface area contributed by atoms with Crippen molar-refractivity contribution < 1.29 is 5.11 Å². The molecule has 0 radical (unpaired) electrons. The molecule has 0 fully saturated rings. The van der Waals surface area contributed by atoms with Crippen molar-refractivity contribution in [1.82, 2.24) is 0 Å². The number of hydrogen-bond donors (Lipinski definition) is 2. The van der Waals surface area contributed by atoms with E-state index in [1.54, 1.807) is 6.07 Å².